The number of rotatable bonds is 7. The fourth-order valence-corrected chi connectivity index (χ4v) is 5.89. The lowest BCUT2D eigenvalue weighted by molar-refractivity contribution is -0.120. The Morgan fingerprint density at radius 1 is 1.00 bits per heavy atom. The normalized spacial score (nSPS) is 17.2. The Hall–Kier alpha value is -2.74. The largest absolute Gasteiger partial charge is 0.495 e. The van der Waals surface area contributed by atoms with Gasteiger partial charge >= 0.3 is 0 Å². The summed E-state index contributed by atoms with van der Waals surface area (Å²) >= 11 is 0. The second kappa shape index (κ2) is 9.81. The first-order valence-corrected chi connectivity index (χ1v) is 12.8. The second-order valence-electron chi connectivity index (χ2n) is 8.51. The minimum atomic E-state index is -3.92. The van der Waals surface area contributed by atoms with Crippen molar-refractivity contribution in [2.75, 3.05) is 35.1 Å². The maximum atomic E-state index is 13.5. The minimum Gasteiger partial charge on any atom is -0.495 e. The Bertz CT molecular complexity index is 1060. The van der Waals surface area contributed by atoms with E-state index in [9.17, 15) is 13.2 Å². The molecule has 172 valence electrons. The van der Waals surface area contributed by atoms with Gasteiger partial charge in [-0.05, 0) is 56.0 Å². The van der Waals surface area contributed by atoms with Crippen molar-refractivity contribution < 1.29 is 17.9 Å². The van der Waals surface area contributed by atoms with Crippen LogP contribution in [-0.4, -0.2) is 34.5 Å². The number of carbonyl (C=O) groups excluding carboxylic acids is 1. The van der Waals surface area contributed by atoms with Crippen LogP contribution in [0.1, 0.15) is 44.9 Å². The number of nitrogens with zero attached hydrogens (tertiary/aromatic N) is 1. The fraction of sp³-hybridized carbons (Fsp3) is 0.458. The van der Waals surface area contributed by atoms with Crippen LogP contribution in [0.5, 0.6) is 5.75 Å². The summed E-state index contributed by atoms with van der Waals surface area (Å²) in [7, 11) is -2.42. The molecule has 1 heterocycles. The molecule has 1 aliphatic heterocycles. The first kappa shape index (κ1) is 22.5. The Morgan fingerprint density at radius 3 is 2.44 bits per heavy atom. The molecule has 1 saturated carbocycles. The quantitative estimate of drug-likeness (QED) is 0.634. The topological polar surface area (TPSA) is 87.7 Å². The number of nitrogens with one attached hydrogen (secondary N) is 2. The summed E-state index contributed by atoms with van der Waals surface area (Å²) in [5.41, 5.74) is 1.53. The highest BCUT2D eigenvalue weighted by molar-refractivity contribution is 7.93. The molecule has 4 rings (SSSR count). The fourth-order valence-electron chi connectivity index (χ4n) is 4.56. The third kappa shape index (κ3) is 5.01. The van der Waals surface area contributed by atoms with Crippen LogP contribution >= 0.6 is 0 Å². The maximum absolute atomic E-state index is 13.5. The third-order valence-electron chi connectivity index (χ3n) is 6.29. The van der Waals surface area contributed by atoms with E-state index in [-0.39, 0.29) is 16.7 Å². The zero-order valence-corrected chi connectivity index (χ0v) is 19.3. The Labute approximate surface area is 190 Å². The van der Waals surface area contributed by atoms with E-state index in [0.717, 1.165) is 51.6 Å². The first-order valence-electron chi connectivity index (χ1n) is 11.3. The highest BCUT2D eigenvalue weighted by Gasteiger charge is 2.27. The van der Waals surface area contributed by atoms with E-state index in [1.807, 2.05) is 0 Å². The molecule has 2 aromatic carbocycles. The summed E-state index contributed by atoms with van der Waals surface area (Å²) in [5, 5.41) is 2.95. The molecule has 2 fully saturated rings. The predicted molar refractivity (Wildman–Crippen MR) is 127 cm³/mol. The summed E-state index contributed by atoms with van der Waals surface area (Å²) in [6.07, 6.45) is 7.13. The number of methoxy groups -OCH3 is 1. The van der Waals surface area contributed by atoms with Gasteiger partial charge in [-0.1, -0.05) is 31.4 Å². The Kier molecular flexibility index (Phi) is 6.89. The molecule has 2 aliphatic rings. The minimum absolute atomic E-state index is 0.00577. The smallest absolute Gasteiger partial charge is 0.264 e. The third-order valence-corrected chi connectivity index (χ3v) is 7.69. The SMILES string of the molecule is COc1ccccc1NS(=O)(=O)c1cc(NC(=O)C2CCCCC2)ccc1N1CCCC1. The van der Waals surface area contributed by atoms with E-state index in [0.29, 0.717) is 22.8 Å². The van der Waals surface area contributed by atoms with Gasteiger partial charge in [-0.25, -0.2) is 8.42 Å². The number of sulfonamides is 1. The van der Waals surface area contributed by atoms with Gasteiger partial charge in [0.05, 0.1) is 18.5 Å². The summed E-state index contributed by atoms with van der Waals surface area (Å²) in [6, 6.07) is 12.1. The number of hydrogen-bond acceptors (Lipinski definition) is 5. The summed E-state index contributed by atoms with van der Waals surface area (Å²) in [6.45, 7) is 1.62. The van der Waals surface area contributed by atoms with Crippen LogP contribution in [0.2, 0.25) is 0 Å². The van der Waals surface area contributed by atoms with Crippen LogP contribution in [0.4, 0.5) is 17.1 Å². The zero-order valence-electron chi connectivity index (χ0n) is 18.5. The van der Waals surface area contributed by atoms with Gasteiger partial charge in [0, 0.05) is 24.7 Å². The Morgan fingerprint density at radius 2 is 1.72 bits per heavy atom. The molecular formula is C24H31N3O4S. The van der Waals surface area contributed by atoms with E-state index >= 15 is 0 Å². The average Bonchev–Trinajstić information content (AvgIpc) is 3.34. The van der Waals surface area contributed by atoms with Gasteiger partial charge in [0.15, 0.2) is 0 Å². The molecule has 0 unspecified atom stereocenters. The van der Waals surface area contributed by atoms with Crippen molar-refractivity contribution >= 4 is 33.0 Å². The first-order chi connectivity index (χ1) is 15.5. The van der Waals surface area contributed by atoms with Gasteiger partial charge in [0.1, 0.15) is 10.6 Å². The molecule has 8 heteroatoms. The van der Waals surface area contributed by atoms with Crippen LogP contribution in [0.15, 0.2) is 47.4 Å². The monoisotopic (exact) mass is 457 g/mol. The highest BCUT2D eigenvalue weighted by atomic mass is 32.2. The van der Waals surface area contributed by atoms with Crippen molar-refractivity contribution in [1.82, 2.24) is 0 Å². The van der Waals surface area contributed by atoms with Crippen molar-refractivity contribution in [2.24, 2.45) is 5.92 Å². The average molecular weight is 458 g/mol. The molecule has 1 amide bonds. The van der Waals surface area contributed by atoms with E-state index in [2.05, 4.69) is 14.9 Å². The number of carbonyl (C=O) groups is 1. The molecule has 0 bridgehead atoms. The van der Waals surface area contributed by atoms with Gasteiger partial charge in [-0.3, -0.25) is 9.52 Å². The van der Waals surface area contributed by atoms with E-state index in [1.54, 1.807) is 42.5 Å². The van der Waals surface area contributed by atoms with Crippen molar-refractivity contribution in [1.29, 1.82) is 0 Å². The van der Waals surface area contributed by atoms with Crippen LogP contribution in [0.25, 0.3) is 0 Å². The lowest BCUT2D eigenvalue weighted by atomic mass is 9.88. The molecule has 0 radical (unpaired) electrons. The number of anilines is 3. The van der Waals surface area contributed by atoms with Gasteiger partial charge in [-0.15, -0.1) is 0 Å². The number of benzene rings is 2. The van der Waals surface area contributed by atoms with Crippen molar-refractivity contribution in [2.45, 2.75) is 49.8 Å². The molecule has 7 nitrogen and oxygen atoms in total. The van der Waals surface area contributed by atoms with Crippen molar-refractivity contribution in [3.05, 3.63) is 42.5 Å². The summed E-state index contributed by atoms with van der Waals surface area (Å²) < 4.78 is 34.9. The molecule has 1 aliphatic carbocycles. The van der Waals surface area contributed by atoms with Crippen molar-refractivity contribution in [3.63, 3.8) is 0 Å². The standard InChI is InChI=1S/C24H31N3O4S/c1-31-22-12-6-5-11-20(22)26-32(29,30)23-17-19(13-14-21(23)27-15-7-8-16-27)25-24(28)18-9-3-2-4-10-18/h5-6,11-14,17-18,26H,2-4,7-10,15-16H2,1H3,(H,25,28). The lowest BCUT2D eigenvalue weighted by Gasteiger charge is -2.24. The lowest BCUT2D eigenvalue weighted by Crippen LogP contribution is -2.26. The van der Waals surface area contributed by atoms with Crippen LogP contribution in [-0.2, 0) is 14.8 Å². The van der Waals surface area contributed by atoms with Crippen LogP contribution < -0.4 is 19.7 Å². The number of amides is 1. The number of ether oxygens (including phenoxy) is 1. The van der Waals surface area contributed by atoms with Crippen LogP contribution in [0.3, 0.4) is 0 Å². The molecular weight excluding hydrogens is 426 g/mol. The number of hydrogen-bond donors (Lipinski definition) is 2. The van der Waals surface area contributed by atoms with Gasteiger partial charge < -0.3 is 15.0 Å². The van der Waals surface area contributed by atoms with E-state index in [1.165, 1.54) is 13.5 Å². The highest BCUT2D eigenvalue weighted by Crippen LogP contribution is 2.34. The van der Waals surface area contributed by atoms with E-state index in [4.69, 9.17) is 4.74 Å². The summed E-state index contributed by atoms with van der Waals surface area (Å²) in [5.74, 6) is 0.411. The molecule has 0 spiro atoms. The Balaban J connectivity index is 1.65. The van der Waals surface area contributed by atoms with Gasteiger partial charge in [0.2, 0.25) is 5.91 Å². The molecule has 0 atom stereocenters. The number of para-hydroxylation sites is 2. The zero-order chi connectivity index (χ0) is 22.6. The molecule has 32 heavy (non-hydrogen) atoms. The van der Waals surface area contributed by atoms with E-state index < -0.39 is 10.0 Å². The molecule has 1 saturated heterocycles. The van der Waals surface area contributed by atoms with Crippen LogP contribution in [0, 0.1) is 5.92 Å². The maximum Gasteiger partial charge on any atom is 0.264 e. The molecule has 2 N–H and O–H groups in total. The van der Waals surface area contributed by atoms with Gasteiger partial charge in [-0.2, -0.15) is 0 Å². The van der Waals surface area contributed by atoms with Gasteiger partial charge in [0.25, 0.3) is 10.0 Å². The summed E-state index contributed by atoms with van der Waals surface area (Å²) in [4.78, 5) is 15.0. The molecule has 2 aromatic rings. The second-order valence-corrected chi connectivity index (χ2v) is 10.2. The van der Waals surface area contributed by atoms with Crippen molar-refractivity contribution in [3.8, 4) is 5.75 Å². The molecule has 0 aromatic heterocycles. The predicted octanol–water partition coefficient (Wildman–Crippen LogP) is 4.62.